The largest absolute Gasteiger partial charge is 0.481 e. The fourth-order valence-electron chi connectivity index (χ4n) is 2.18. The highest BCUT2D eigenvalue weighted by Crippen LogP contribution is 2.34. The molecule has 0 radical (unpaired) electrons. The fourth-order valence-corrected chi connectivity index (χ4v) is 2.18. The lowest BCUT2D eigenvalue weighted by Crippen LogP contribution is -2.37. The summed E-state index contributed by atoms with van der Waals surface area (Å²) in [6.45, 7) is 0. The monoisotopic (exact) mass is 288 g/mol. The van der Waals surface area contributed by atoms with Crippen molar-refractivity contribution in [3.8, 4) is 0 Å². The number of hydrogen-bond donors (Lipinski definition) is 4. The van der Waals surface area contributed by atoms with E-state index in [2.05, 4.69) is 0 Å². The Morgan fingerprint density at radius 3 is 0.700 bits per heavy atom. The van der Waals surface area contributed by atoms with Gasteiger partial charge in [-0.05, 0) is 25.7 Å². The number of hydrogen-bond acceptors (Lipinski definition) is 4. The first-order chi connectivity index (χ1) is 9.25. The Hall–Kier alpha value is -2.12. The summed E-state index contributed by atoms with van der Waals surface area (Å²) >= 11 is 0. The van der Waals surface area contributed by atoms with Gasteiger partial charge in [0.25, 0.3) is 0 Å². The Balaban J connectivity index is 0.000000200. The zero-order chi connectivity index (χ0) is 15.4. The van der Waals surface area contributed by atoms with E-state index in [1.54, 1.807) is 0 Å². The molecule has 0 spiro atoms. The number of carboxylic acids is 4. The van der Waals surface area contributed by atoms with E-state index >= 15 is 0 Å². The van der Waals surface area contributed by atoms with Crippen molar-refractivity contribution in [2.45, 2.75) is 25.7 Å². The van der Waals surface area contributed by atoms with Gasteiger partial charge < -0.3 is 20.4 Å². The lowest BCUT2D eigenvalue weighted by Gasteiger charge is -2.29. The molecule has 0 aromatic heterocycles. The molecule has 2 rings (SSSR count). The van der Waals surface area contributed by atoms with Gasteiger partial charge in [0, 0.05) is 0 Å². The number of carbonyl (C=O) groups is 4. The van der Waals surface area contributed by atoms with E-state index in [1.807, 2.05) is 0 Å². The standard InChI is InChI=1S/2C6H8O4/c2*7-5(8)3-1-2-4(3)6(9)10/h2*3-4H,1-2H2,(H,7,8)(H,9,10)/t2*3-,4-/m10/s1. The Kier molecular flexibility index (Phi) is 5.06. The van der Waals surface area contributed by atoms with Gasteiger partial charge in [-0.2, -0.15) is 0 Å². The highest BCUT2D eigenvalue weighted by atomic mass is 16.4. The second-order valence-electron chi connectivity index (χ2n) is 4.93. The van der Waals surface area contributed by atoms with Crippen LogP contribution in [-0.4, -0.2) is 44.3 Å². The van der Waals surface area contributed by atoms with E-state index in [9.17, 15) is 19.2 Å². The topological polar surface area (TPSA) is 149 Å². The van der Waals surface area contributed by atoms with Crippen LogP contribution in [0.1, 0.15) is 25.7 Å². The summed E-state index contributed by atoms with van der Waals surface area (Å²) in [6.07, 6.45) is 2.03. The molecule has 0 heterocycles. The quantitative estimate of drug-likeness (QED) is 0.579. The third-order valence-electron chi connectivity index (χ3n) is 3.82. The summed E-state index contributed by atoms with van der Waals surface area (Å²) in [5.74, 6) is -6.51. The molecule has 4 atom stereocenters. The third kappa shape index (κ3) is 3.46. The molecule has 8 nitrogen and oxygen atoms in total. The first kappa shape index (κ1) is 15.9. The van der Waals surface area contributed by atoms with E-state index in [0.29, 0.717) is 25.7 Å². The van der Waals surface area contributed by atoms with Crippen LogP contribution in [0.4, 0.5) is 0 Å². The molecular formula is C12H16O8. The van der Waals surface area contributed by atoms with Gasteiger partial charge in [-0.3, -0.25) is 19.2 Å². The zero-order valence-electron chi connectivity index (χ0n) is 10.6. The van der Waals surface area contributed by atoms with Crippen molar-refractivity contribution in [1.82, 2.24) is 0 Å². The normalized spacial score (nSPS) is 30.8. The van der Waals surface area contributed by atoms with Gasteiger partial charge in [0.1, 0.15) is 0 Å². The van der Waals surface area contributed by atoms with Crippen molar-refractivity contribution < 1.29 is 39.6 Å². The molecular weight excluding hydrogens is 272 g/mol. The molecule has 2 aliphatic carbocycles. The van der Waals surface area contributed by atoms with Crippen molar-refractivity contribution >= 4 is 23.9 Å². The molecule has 0 amide bonds. The third-order valence-corrected chi connectivity index (χ3v) is 3.82. The van der Waals surface area contributed by atoms with Crippen molar-refractivity contribution in [3.63, 3.8) is 0 Å². The average molecular weight is 288 g/mol. The van der Waals surface area contributed by atoms with Gasteiger partial charge in [-0.15, -0.1) is 0 Å². The molecule has 0 saturated heterocycles. The fraction of sp³-hybridized carbons (Fsp3) is 0.667. The van der Waals surface area contributed by atoms with Crippen LogP contribution in [0.3, 0.4) is 0 Å². The SMILES string of the molecule is O=C(O)[C@@H]1CC[C@H]1C(=O)O.O=C(O)[C@H]1CC[C@@H]1C(=O)O. The second-order valence-corrected chi connectivity index (χ2v) is 4.93. The van der Waals surface area contributed by atoms with E-state index in [0.717, 1.165) is 0 Å². The van der Waals surface area contributed by atoms with Crippen molar-refractivity contribution in [1.29, 1.82) is 0 Å². The van der Waals surface area contributed by atoms with Gasteiger partial charge in [-0.1, -0.05) is 0 Å². The Bertz CT molecular complexity index is 349. The zero-order valence-corrected chi connectivity index (χ0v) is 10.6. The van der Waals surface area contributed by atoms with Crippen molar-refractivity contribution in [3.05, 3.63) is 0 Å². The summed E-state index contributed by atoms with van der Waals surface area (Å²) in [5, 5.41) is 33.6. The van der Waals surface area contributed by atoms with Crippen LogP contribution in [0, 0.1) is 23.7 Å². The lowest BCUT2D eigenvalue weighted by atomic mass is 9.74. The van der Waals surface area contributed by atoms with Crippen molar-refractivity contribution in [2.75, 3.05) is 0 Å². The van der Waals surface area contributed by atoms with E-state index in [1.165, 1.54) is 0 Å². The van der Waals surface area contributed by atoms with Gasteiger partial charge >= 0.3 is 23.9 Å². The maximum atomic E-state index is 10.2. The number of carboxylic acid groups (broad SMARTS) is 4. The molecule has 112 valence electrons. The summed E-state index contributed by atoms with van der Waals surface area (Å²) in [4.78, 5) is 40.9. The van der Waals surface area contributed by atoms with E-state index in [4.69, 9.17) is 20.4 Å². The predicted octanol–water partition coefficient (Wildman–Crippen LogP) is 0.364. The molecule has 0 bridgehead atoms. The van der Waals surface area contributed by atoms with Crippen molar-refractivity contribution in [2.24, 2.45) is 23.7 Å². The summed E-state index contributed by atoms with van der Waals surface area (Å²) in [7, 11) is 0. The van der Waals surface area contributed by atoms with Crippen LogP contribution < -0.4 is 0 Å². The molecule has 20 heavy (non-hydrogen) atoms. The smallest absolute Gasteiger partial charge is 0.307 e. The highest BCUT2D eigenvalue weighted by Gasteiger charge is 2.42. The molecule has 0 aromatic carbocycles. The summed E-state index contributed by atoms with van der Waals surface area (Å²) < 4.78 is 0. The first-order valence-electron chi connectivity index (χ1n) is 6.17. The van der Waals surface area contributed by atoms with E-state index in [-0.39, 0.29) is 0 Å². The molecule has 0 aliphatic heterocycles. The van der Waals surface area contributed by atoms with Crippen LogP contribution in [-0.2, 0) is 19.2 Å². The molecule has 2 fully saturated rings. The first-order valence-corrected chi connectivity index (χ1v) is 6.17. The minimum absolute atomic E-state index is 0.506. The minimum Gasteiger partial charge on any atom is -0.481 e. The Morgan fingerprint density at radius 2 is 0.650 bits per heavy atom. The minimum atomic E-state index is -0.987. The van der Waals surface area contributed by atoms with Gasteiger partial charge in [0.05, 0.1) is 23.7 Å². The molecule has 4 N–H and O–H groups in total. The van der Waals surface area contributed by atoms with Gasteiger partial charge in [0.15, 0.2) is 0 Å². The second kappa shape index (κ2) is 6.36. The van der Waals surface area contributed by atoms with Crippen LogP contribution in [0.5, 0.6) is 0 Å². The van der Waals surface area contributed by atoms with Crippen LogP contribution in [0.2, 0.25) is 0 Å². The van der Waals surface area contributed by atoms with Crippen LogP contribution in [0.25, 0.3) is 0 Å². The molecule has 2 saturated carbocycles. The van der Waals surface area contributed by atoms with Crippen LogP contribution >= 0.6 is 0 Å². The molecule has 0 aromatic rings. The maximum absolute atomic E-state index is 10.2. The highest BCUT2D eigenvalue weighted by molar-refractivity contribution is 5.82. The Morgan fingerprint density at radius 1 is 0.500 bits per heavy atom. The Labute approximate surface area is 114 Å². The molecule has 2 aliphatic rings. The molecule has 0 unspecified atom stereocenters. The average Bonchev–Trinajstić information content (AvgIpc) is 2.09. The van der Waals surface area contributed by atoms with Gasteiger partial charge in [0.2, 0.25) is 0 Å². The number of aliphatic carboxylic acids is 4. The summed E-state index contributed by atoms with van der Waals surface area (Å²) in [6, 6.07) is 0. The van der Waals surface area contributed by atoms with E-state index < -0.39 is 47.5 Å². The van der Waals surface area contributed by atoms with Crippen LogP contribution in [0.15, 0.2) is 0 Å². The summed E-state index contributed by atoms with van der Waals surface area (Å²) in [5.41, 5.74) is 0. The predicted molar refractivity (Wildman–Crippen MR) is 63.0 cm³/mol. The number of rotatable bonds is 4. The molecule has 8 heteroatoms. The van der Waals surface area contributed by atoms with Gasteiger partial charge in [-0.25, -0.2) is 0 Å². The maximum Gasteiger partial charge on any atom is 0.307 e. The lowest BCUT2D eigenvalue weighted by molar-refractivity contribution is -0.160.